The summed E-state index contributed by atoms with van der Waals surface area (Å²) in [5.74, 6) is 1.16. The molecule has 1 N–H and O–H groups in total. The highest BCUT2D eigenvalue weighted by molar-refractivity contribution is 7.99. The van der Waals surface area contributed by atoms with E-state index >= 15 is 0 Å². The van der Waals surface area contributed by atoms with Crippen LogP contribution in [-0.4, -0.2) is 23.0 Å². The molecule has 0 aromatic rings. The van der Waals surface area contributed by atoms with Crippen LogP contribution in [0.1, 0.15) is 33.1 Å². The summed E-state index contributed by atoms with van der Waals surface area (Å²) < 4.78 is 0. The lowest BCUT2D eigenvalue weighted by molar-refractivity contribution is -0.117. The first-order valence-corrected chi connectivity index (χ1v) is 7.04. The number of thioether (sulfide) groups is 1. The third-order valence-corrected chi connectivity index (χ3v) is 4.04. The SMILES string of the molecule is C/C=C/C=C/C(=O)N[C@@H]1CCC[C@H]1SCC. The van der Waals surface area contributed by atoms with Gasteiger partial charge in [-0.05, 0) is 25.5 Å². The molecule has 1 amide bonds. The average molecular weight is 239 g/mol. The number of hydrogen-bond acceptors (Lipinski definition) is 2. The Morgan fingerprint density at radius 1 is 1.44 bits per heavy atom. The normalized spacial score (nSPS) is 25.6. The lowest BCUT2D eigenvalue weighted by atomic mass is 10.2. The molecule has 16 heavy (non-hydrogen) atoms. The first-order chi connectivity index (χ1) is 7.77. The fraction of sp³-hybridized carbons (Fsp3) is 0.615. The zero-order valence-corrected chi connectivity index (χ0v) is 10.9. The molecule has 0 spiro atoms. The number of carbonyl (C=O) groups excluding carboxylic acids is 1. The quantitative estimate of drug-likeness (QED) is 0.590. The van der Waals surface area contributed by atoms with Crippen LogP contribution in [0.3, 0.4) is 0 Å². The molecule has 0 saturated heterocycles. The van der Waals surface area contributed by atoms with E-state index in [-0.39, 0.29) is 5.91 Å². The van der Waals surface area contributed by atoms with Crippen molar-refractivity contribution >= 4 is 17.7 Å². The van der Waals surface area contributed by atoms with Crippen molar-refractivity contribution in [1.29, 1.82) is 0 Å². The van der Waals surface area contributed by atoms with E-state index in [4.69, 9.17) is 0 Å². The Balaban J connectivity index is 2.37. The van der Waals surface area contributed by atoms with Gasteiger partial charge >= 0.3 is 0 Å². The summed E-state index contributed by atoms with van der Waals surface area (Å²) in [6.45, 7) is 4.11. The van der Waals surface area contributed by atoms with E-state index in [9.17, 15) is 4.79 Å². The minimum Gasteiger partial charge on any atom is -0.349 e. The Bertz CT molecular complexity index is 273. The molecular formula is C13H21NOS. The summed E-state index contributed by atoms with van der Waals surface area (Å²) >= 11 is 1.96. The summed E-state index contributed by atoms with van der Waals surface area (Å²) in [4.78, 5) is 11.6. The van der Waals surface area contributed by atoms with Gasteiger partial charge in [0.1, 0.15) is 0 Å². The van der Waals surface area contributed by atoms with Gasteiger partial charge in [-0.15, -0.1) is 0 Å². The van der Waals surface area contributed by atoms with Gasteiger partial charge in [-0.25, -0.2) is 0 Å². The van der Waals surface area contributed by atoms with Gasteiger partial charge in [0.25, 0.3) is 0 Å². The standard InChI is InChI=1S/C13H21NOS/c1-3-5-6-10-13(15)14-11-8-7-9-12(11)16-4-2/h3,5-6,10-12H,4,7-9H2,1-2H3,(H,14,15)/b5-3+,10-6+/t11-,12-/m1/s1. The second-order valence-electron chi connectivity index (χ2n) is 3.92. The van der Waals surface area contributed by atoms with Crippen molar-refractivity contribution in [1.82, 2.24) is 5.32 Å². The topological polar surface area (TPSA) is 29.1 Å². The summed E-state index contributed by atoms with van der Waals surface area (Å²) in [7, 11) is 0. The second-order valence-corrected chi connectivity index (χ2v) is 5.44. The van der Waals surface area contributed by atoms with Gasteiger partial charge in [0.15, 0.2) is 0 Å². The van der Waals surface area contributed by atoms with Gasteiger partial charge in [-0.2, -0.15) is 11.8 Å². The molecule has 0 radical (unpaired) electrons. The molecule has 0 heterocycles. The second kappa shape index (κ2) is 7.55. The van der Waals surface area contributed by atoms with E-state index in [1.54, 1.807) is 12.2 Å². The van der Waals surface area contributed by atoms with E-state index in [0.717, 1.165) is 12.2 Å². The van der Waals surface area contributed by atoms with E-state index in [0.29, 0.717) is 11.3 Å². The van der Waals surface area contributed by atoms with Crippen molar-refractivity contribution in [3.63, 3.8) is 0 Å². The maximum Gasteiger partial charge on any atom is 0.244 e. The molecule has 1 aliphatic carbocycles. The molecule has 0 aromatic heterocycles. The summed E-state index contributed by atoms with van der Waals surface area (Å²) in [5.41, 5.74) is 0. The van der Waals surface area contributed by atoms with Crippen LogP contribution in [0, 0.1) is 0 Å². The van der Waals surface area contributed by atoms with Crippen LogP contribution in [0.15, 0.2) is 24.3 Å². The molecule has 2 atom stereocenters. The summed E-state index contributed by atoms with van der Waals surface area (Å²) in [6, 6.07) is 0.368. The van der Waals surface area contributed by atoms with Gasteiger partial charge in [0.2, 0.25) is 5.91 Å². The molecule has 0 unspecified atom stereocenters. The molecule has 1 rings (SSSR count). The predicted octanol–water partition coefficient (Wildman–Crippen LogP) is 2.91. The van der Waals surface area contributed by atoms with Crippen molar-refractivity contribution in [3.05, 3.63) is 24.3 Å². The van der Waals surface area contributed by atoms with E-state index < -0.39 is 0 Å². The Hall–Kier alpha value is -0.700. The number of nitrogens with one attached hydrogen (secondary N) is 1. The van der Waals surface area contributed by atoms with Crippen LogP contribution in [0.2, 0.25) is 0 Å². The van der Waals surface area contributed by atoms with Gasteiger partial charge in [0.05, 0.1) is 0 Å². The third kappa shape index (κ3) is 4.44. The van der Waals surface area contributed by atoms with Crippen LogP contribution in [0.5, 0.6) is 0 Å². The number of hydrogen-bond donors (Lipinski definition) is 1. The lowest BCUT2D eigenvalue weighted by Gasteiger charge is -2.19. The first kappa shape index (κ1) is 13.4. The lowest BCUT2D eigenvalue weighted by Crippen LogP contribution is -2.37. The minimum atomic E-state index is 0.0340. The highest BCUT2D eigenvalue weighted by atomic mass is 32.2. The summed E-state index contributed by atoms with van der Waals surface area (Å²) in [5, 5.41) is 3.71. The highest BCUT2D eigenvalue weighted by Gasteiger charge is 2.27. The Kier molecular flexibility index (Phi) is 6.31. The predicted molar refractivity (Wildman–Crippen MR) is 71.7 cm³/mol. The van der Waals surface area contributed by atoms with Crippen LogP contribution < -0.4 is 5.32 Å². The molecular weight excluding hydrogens is 218 g/mol. The van der Waals surface area contributed by atoms with Crippen molar-refractivity contribution in [2.45, 2.75) is 44.4 Å². The molecule has 90 valence electrons. The highest BCUT2D eigenvalue weighted by Crippen LogP contribution is 2.29. The van der Waals surface area contributed by atoms with Crippen molar-refractivity contribution in [2.24, 2.45) is 0 Å². The van der Waals surface area contributed by atoms with Crippen LogP contribution in [0.25, 0.3) is 0 Å². The fourth-order valence-electron chi connectivity index (χ4n) is 1.99. The molecule has 1 saturated carbocycles. The fourth-order valence-corrected chi connectivity index (χ4v) is 3.19. The zero-order chi connectivity index (χ0) is 11.8. The molecule has 0 aromatic carbocycles. The first-order valence-electron chi connectivity index (χ1n) is 5.99. The number of carbonyl (C=O) groups is 1. The monoisotopic (exact) mass is 239 g/mol. The molecule has 2 nitrogen and oxygen atoms in total. The van der Waals surface area contributed by atoms with Crippen LogP contribution >= 0.6 is 11.8 Å². The Morgan fingerprint density at radius 2 is 2.25 bits per heavy atom. The molecule has 0 aliphatic heterocycles. The molecule has 0 bridgehead atoms. The van der Waals surface area contributed by atoms with Crippen LogP contribution in [0.4, 0.5) is 0 Å². The largest absolute Gasteiger partial charge is 0.349 e. The van der Waals surface area contributed by atoms with E-state index in [1.807, 2.05) is 30.8 Å². The van der Waals surface area contributed by atoms with Gasteiger partial charge in [-0.1, -0.05) is 31.6 Å². The maximum absolute atomic E-state index is 11.6. The van der Waals surface area contributed by atoms with Crippen molar-refractivity contribution in [3.8, 4) is 0 Å². The minimum absolute atomic E-state index is 0.0340. The third-order valence-electron chi connectivity index (χ3n) is 2.71. The number of rotatable bonds is 5. The van der Waals surface area contributed by atoms with Crippen molar-refractivity contribution < 1.29 is 4.79 Å². The Labute approximate surface area is 103 Å². The van der Waals surface area contributed by atoms with E-state index in [1.165, 1.54) is 12.8 Å². The van der Waals surface area contributed by atoms with Crippen molar-refractivity contribution in [2.75, 3.05) is 5.75 Å². The molecule has 1 aliphatic rings. The molecule has 1 fully saturated rings. The zero-order valence-electron chi connectivity index (χ0n) is 10.1. The smallest absolute Gasteiger partial charge is 0.244 e. The van der Waals surface area contributed by atoms with Gasteiger partial charge in [-0.3, -0.25) is 4.79 Å². The molecule has 3 heteroatoms. The number of amides is 1. The maximum atomic E-state index is 11.6. The van der Waals surface area contributed by atoms with E-state index in [2.05, 4.69) is 12.2 Å². The Morgan fingerprint density at radius 3 is 2.94 bits per heavy atom. The van der Waals surface area contributed by atoms with Gasteiger partial charge < -0.3 is 5.32 Å². The summed E-state index contributed by atoms with van der Waals surface area (Å²) in [6.07, 6.45) is 10.8. The van der Waals surface area contributed by atoms with Crippen LogP contribution in [-0.2, 0) is 4.79 Å². The average Bonchev–Trinajstić information content (AvgIpc) is 2.67. The van der Waals surface area contributed by atoms with Gasteiger partial charge in [0, 0.05) is 17.4 Å². The number of allylic oxidation sites excluding steroid dienone is 3.